The van der Waals surface area contributed by atoms with E-state index < -0.39 is 5.97 Å². The van der Waals surface area contributed by atoms with Gasteiger partial charge in [-0.1, -0.05) is 11.6 Å². The lowest BCUT2D eigenvalue weighted by atomic mass is 10.3. The van der Waals surface area contributed by atoms with Crippen LogP contribution in [0.3, 0.4) is 0 Å². The van der Waals surface area contributed by atoms with Crippen LogP contribution >= 0.6 is 11.6 Å². The second kappa shape index (κ2) is 5.36. The van der Waals surface area contributed by atoms with Gasteiger partial charge in [0.1, 0.15) is 5.71 Å². The summed E-state index contributed by atoms with van der Waals surface area (Å²) in [6.07, 6.45) is 0. The lowest BCUT2D eigenvalue weighted by Crippen LogP contribution is -2.13. The van der Waals surface area contributed by atoms with E-state index >= 15 is 0 Å². The van der Waals surface area contributed by atoms with Crippen molar-refractivity contribution in [1.29, 1.82) is 0 Å². The van der Waals surface area contributed by atoms with E-state index in [2.05, 4.69) is 15.3 Å². The van der Waals surface area contributed by atoms with Gasteiger partial charge in [-0.05, 0) is 31.2 Å². The summed E-state index contributed by atoms with van der Waals surface area (Å²) in [6, 6.07) is 6.98. The minimum absolute atomic E-state index is 0.257. The number of benzene rings is 1. The predicted molar refractivity (Wildman–Crippen MR) is 60.2 cm³/mol. The molecule has 0 amide bonds. The highest BCUT2D eigenvalue weighted by Gasteiger charge is 2.03. The number of anilines is 1. The van der Waals surface area contributed by atoms with Crippen molar-refractivity contribution in [2.75, 3.05) is 12.5 Å². The molecule has 0 saturated carbocycles. The molecular formula is C10H11ClN2O2. The minimum Gasteiger partial charge on any atom is -0.464 e. The molecule has 0 radical (unpaired) electrons. The van der Waals surface area contributed by atoms with Gasteiger partial charge in [0.25, 0.3) is 0 Å². The number of hydrogen-bond acceptors (Lipinski definition) is 4. The zero-order valence-electron chi connectivity index (χ0n) is 8.45. The molecule has 1 aromatic rings. The second-order valence-corrected chi connectivity index (χ2v) is 3.24. The molecule has 4 nitrogen and oxygen atoms in total. The first-order valence-corrected chi connectivity index (χ1v) is 4.65. The number of methoxy groups -OCH3 is 1. The summed E-state index contributed by atoms with van der Waals surface area (Å²) in [4.78, 5) is 11.0. The number of halogens is 1. The Morgan fingerprint density at radius 3 is 2.53 bits per heavy atom. The van der Waals surface area contributed by atoms with E-state index in [0.717, 1.165) is 5.69 Å². The largest absolute Gasteiger partial charge is 0.464 e. The van der Waals surface area contributed by atoms with Crippen LogP contribution in [0.5, 0.6) is 0 Å². The summed E-state index contributed by atoms with van der Waals surface area (Å²) < 4.78 is 4.49. The van der Waals surface area contributed by atoms with Gasteiger partial charge in [-0.15, -0.1) is 0 Å². The molecule has 0 unspecified atom stereocenters. The maximum Gasteiger partial charge on any atom is 0.353 e. The molecule has 0 aliphatic rings. The average Bonchev–Trinajstić information content (AvgIpc) is 2.26. The van der Waals surface area contributed by atoms with Crippen LogP contribution in [0.25, 0.3) is 0 Å². The number of nitrogens with zero attached hydrogens (tertiary/aromatic N) is 1. The summed E-state index contributed by atoms with van der Waals surface area (Å²) in [6.45, 7) is 1.56. The molecular weight excluding hydrogens is 216 g/mol. The van der Waals surface area contributed by atoms with Crippen molar-refractivity contribution in [3.05, 3.63) is 29.3 Å². The third kappa shape index (κ3) is 3.59. The highest BCUT2D eigenvalue weighted by Crippen LogP contribution is 2.13. The Balaban J connectivity index is 2.63. The maximum absolute atomic E-state index is 11.0. The number of ether oxygens (including phenoxy) is 1. The van der Waals surface area contributed by atoms with Gasteiger partial charge in [0.2, 0.25) is 0 Å². The molecule has 1 rings (SSSR count). The van der Waals surface area contributed by atoms with Crippen LogP contribution in [0, 0.1) is 0 Å². The monoisotopic (exact) mass is 226 g/mol. The molecule has 0 aliphatic heterocycles. The number of hydrazone groups is 1. The fourth-order valence-corrected chi connectivity index (χ4v) is 0.992. The molecule has 5 heteroatoms. The molecule has 0 fully saturated rings. The van der Waals surface area contributed by atoms with Crippen LogP contribution < -0.4 is 5.43 Å². The molecule has 0 bridgehead atoms. The first kappa shape index (κ1) is 11.5. The van der Waals surface area contributed by atoms with Crippen LogP contribution in [-0.4, -0.2) is 18.8 Å². The first-order chi connectivity index (χ1) is 7.13. The quantitative estimate of drug-likeness (QED) is 0.489. The van der Waals surface area contributed by atoms with Crippen LogP contribution in [0.2, 0.25) is 5.02 Å². The zero-order chi connectivity index (χ0) is 11.3. The summed E-state index contributed by atoms with van der Waals surface area (Å²) in [5.41, 5.74) is 3.72. The molecule has 0 heterocycles. The van der Waals surface area contributed by atoms with Gasteiger partial charge in [0, 0.05) is 5.02 Å². The number of esters is 1. The van der Waals surface area contributed by atoms with E-state index in [1.807, 2.05) is 0 Å². The number of carbonyl (C=O) groups is 1. The third-order valence-electron chi connectivity index (χ3n) is 1.68. The Hall–Kier alpha value is -1.55. The van der Waals surface area contributed by atoms with Gasteiger partial charge in [-0.3, -0.25) is 5.43 Å². The number of rotatable bonds is 3. The summed E-state index contributed by atoms with van der Waals surface area (Å²) >= 11 is 5.71. The number of nitrogens with one attached hydrogen (secondary N) is 1. The van der Waals surface area contributed by atoms with Gasteiger partial charge in [0.05, 0.1) is 12.8 Å². The van der Waals surface area contributed by atoms with Gasteiger partial charge < -0.3 is 4.74 Å². The van der Waals surface area contributed by atoms with E-state index in [0.29, 0.717) is 5.02 Å². The zero-order valence-corrected chi connectivity index (χ0v) is 9.21. The highest BCUT2D eigenvalue weighted by atomic mass is 35.5. The molecule has 0 aromatic heterocycles. The van der Waals surface area contributed by atoms with Crippen LogP contribution in [0.1, 0.15) is 6.92 Å². The molecule has 1 aromatic carbocycles. The van der Waals surface area contributed by atoms with Crippen molar-refractivity contribution >= 4 is 29.0 Å². The molecule has 0 spiro atoms. The van der Waals surface area contributed by atoms with Gasteiger partial charge >= 0.3 is 5.97 Å². The Labute approximate surface area is 92.9 Å². The molecule has 0 aliphatic carbocycles. The molecule has 0 atom stereocenters. The third-order valence-corrected chi connectivity index (χ3v) is 1.93. The Bertz CT molecular complexity index is 374. The normalized spacial score (nSPS) is 11.0. The summed E-state index contributed by atoms with van der Waals surface area (Å²) in [5, 5.41) is 4.49. The number of carbonyl (C=O) groups excluding carboxylic acids is 1. The lowest BCUT2D eigenvalue weighted by Gasteiger charge is -2.01. The summed E-state index contributed by atoms with van der Waals surface area (Å²) in [7, 11) is 1.31. The van der Waals surface area contributed by atoms with Crippen LogP contribution in [-0.2, 0) is 9.53 Å². The fraction of sp³-hybridized carbons (Fsp3) is 0.200. The van der Waals surface area contributed by atoms with E-state index in [1.165, 1.54) is 7.11 Å². The van der Waals surface area contributed by atoms with E-state index in [-0.39, 0.29) is 5.71 Å². The van der Waals surface area contributed by atoms with E-state index in [1.54, 1.807) is 31.2 Å². The lowest BCUT2D eigenvalue weighted by molar-refractivity contribution is -0.132. The van der Waals surface area contributed by atoms with Crippen molar-refractivity contribution in [3.63, 3.8) is 0 Å². The SMILES string of the molecule is COC(=O)C(C)=NNc1ccc(Cl)cc1. The Morgan fingerprint density at radius 2 is 2.00 bits per heavy atom. The van der Waals surface area contributed by atoms with Crippen molar-refractivity contribution in [2.24, 2.45) is 5.10 Å². The maximum atomic E-state index is 11.0. The highest BCUT2D eigenvalue weighted by molar-refractivity contribution is 6.35. The van der Waals surface area contributed by atoms with Crippen LogP contribution in [0.15, 0.2) is 29.4 Å². The van der Waals surface area contributed by atoms with Crippen molar-refractivity contribution in [3.8, 4) is 0 Å². The Kier molecular flexibility index (Phi) is 4.12. The molecule has 0 saturated heterocycles. The van der Waals surface area contributed by atoms with Gasteiger partial charge in [-0.2, -0.15) is 5.10 Å². The molecule has 1 N–H and O–H groups in total. The van der Waals surface area contributed by atoms with Crippen molar-refractivity contribution in [2.45, 2.75) is 6.92 Å². The molecule has 80 valence electrons. The van der Waals surface area contributed by atoms with Gasteiger partial charge in [-0.25, -0.2) is 4.79 Å². The standard InChI is InChI=1S/C10H11ClN2O2/c1-7(10(14)15-2)12-13-9-5-3-8(11)4-6-9/h3-6,13H,1-2H3. The Morgan fingerprint density at radius 1 is 1.40 bits per heavy atom. The van der Waals surface area contributed by atoms with E-state index in [4.69, 9.17) is 11.6 Å². The fourth-order valence-electron chi connectivity index (χ4n) is 0.866. The van der Waals surface area contributed by atoms with Crippen LogP contribution in [0.4, 0.5) is 5.69 Å². The number of hydrogen-bond donors (Lipinski definition) is 1. The van der Waals surface area contributed by atoms with Gasteiger partial charge in [0.15, 0.2) is 0 Å². The predicted octanol–water partition coefficient (Wildman–Crippen LogP) is 2.30. The summed E-state index contributed by atoms with van der Waals surface area (Å²) in [5.74, 6) is -0.462. The molecule has 15 heavy (non-hydrogen) atoms. The average molecular weight is 227 g/mol. The smallest absolute Gasteiger partial charge is 0.353 e. The minimum atomic E-state index is -0.462. The topological polar surface area (TPSA) is 50.7 Å². The van der Waals surface area contributed by atoms with Crippen molar-refractivity contribution < 1.29 is 9.53 Å². The van der Waals surface area contributed by atoms with E-state index in [9.17, 15) is 4.79 Å². The second-order valence-electron chi connectivity index (χ2n) is 2.81. The van der Waals surface area contributed by atoms with Crippen molar-refractivity contribution in [1.82, 2.24) is 0 Å². The first-order valence-electron chi connectivity index (χ1n) is 4.27.